The molecule has 666 valence electrons. The van der Waals surface area contributed by atoms with Gasteiger partial charge >= 0.3 is 11.9 Å². The van der Waals surface area contributed by atoms with Crippen molar-refractivity contribution in [1.29, 1.82) is 0 Å². The fourth-order valence-electron chi connectivity index (χ4n) is 14.1. The molecule has 0 spiro atoms. The number of carboxylic acid groups (broad SMARTS) is 2. The summed E-state index contributed by atoms with van der Waals surface area (Å²) in [6, 6.07) is -4.47. The molecule has 25 N–H and O–H groups in total. The van der Waals surface area contributed by atoms with Gasteiger partial charge in [0.25, 0.3) is 0 Å². The maximum atomic E-state index is 15.1. The lowest BCUT2D eigenvalue weighted by atomic mass is 9.96. The number of likely N-dealkylation sites (tertiary alicyclic amines) is 2. The van der Waals surface area contributed by atoms with Crippen molar-refractivity contribution in [2.75, 3.05) is 45.8 Å². The molecule has 0 bridgehead atoms. The van der Waals surface area contributed by atoms with Crippen molar-refractivity contribution in [1.82, 2.24) is 78.6 Å². The van der Waals surface area contributed by atoms with Crippen molar-refractivity contribution >= 4 is 106 Å². The number of para-hydroxylation sites is 1. The predicted octanol–water partition coefficient (Wildman–Crippen LogP) is -2.47. The number of amides is 14. The fourth-order valence-corrected chi connectivity index (χ4v) is 14.1. The topological polar surface area (TPSA) is 625 Å². The molecule has 5 rings (SSSR count). The van der Waals surface area contributed by atoms with Crippen molar-refractivity contribution in [2.24, 2.45) is 40.7 Å². The van der Waals surface area contributed by atoms with Crippen molar-refractivity contribution < 1.29 is 97.1 Å². The van der Waals surface area contributed by atoms with Crippen LogP contribution in [-0.2, 0) is 89.6 Å². The van der Waals surface area contributed by atoms with Crippen molar-refractivity contribution in [3.8, 4) is 5.75 Å². The second-order valence-electron chi connectivity index (χ2n) is 31.3. The largest absolute Gasteiger partial charge is 0.508 e. The molecule has 0 aliphatic carbocycles. The van der Waals surface area contributed by atoms with E-state index in [0.717, 1.165) is 10.9 Å². The van der Waals surface area contributed by atoms with Crippen LogP contribution in [-0.4, -0.2) is 260 Å². The van der Waals surface area contributed by atoms with E-state index >= 15 is 4.79 Å². The molecule has 1 aromatic heterocycles. The van der Waals surface area contributed by atoms with E-state index in [1.54, 1.807) is 53.8 Å². The van der Waals surface area contributed by atoms with Gasteiger partial charge in [-0.05, 0) is 170 Å². The molecule has 2 aromatic carbocycles. The Kier molecular flexibility index (Phi) is 41.7. The molecule has 16 atom stereocenters. The van der Waals surface area contributed by atoms with Gasteiger partial charge in [0.2, 0.25) is 82.7 Å². The quantitative estimate of drug-likeness (QED) is 0.0261. The van der Waals surface area contributed by atoms with Gasteiger partial charge in [0.05, 0.1) is 19.2 Å². The number of hydrogen-bond acceptors (Lipinski definition) is 22. The number of aromatic nitrogens is 1. The SMILES string of the molecule is CC[C@H](C)[C@H](NC(=O)CNC(=O)[C@@H](NC(=O)[C@H](CCCCN)NC(=O)[C@H](CCCCN)NC(=O)CNC(=O)[C@@H](N)[C@@H](C)O)C(C)C)C(=O)N[C@@H](Cc1ccc(O)cc1)C(=O)N1CCC[C@H]1C(=O)N[C@@H](CCC(=O)O)C(=O)N[C@H](C(=O)N[C@@H](CCCCN)C(=O)N[C@@H](C)C(=O)N1CCC[C@H]1C(=O)N[C@@H](Cc1c[nH]c2ccccc12)C(=O)O)[C@@H](C)CC. The fraction of sp³-hybridized carbons (Fsp3) is 0.630. The van der Waals surface area contributed by atoms with Crippen LogP contribution in [0.2, 0.25) is 0 Å². The van der Waals surface area contributed by atoms with Crippen LogP contribution in [0.25, 0.3) is 10.9 Å². The summed E-state index contributed by atoms with van der Waals surface area (Å²) in [5.74, 6) is -16.1. The smallest absolute Gasteiger partial charge is 0.326 e. The minimum atomic E-state index is -1.65. The van der Waals surface area contributed by atoms with Crippen LogP contribution >= 0.6 is 0 Å². The minimum absolute atomic E-state index is 0.00243. The molecule has 3 aromatic rings. The lowest BCUT2D eigenvalue weighted by molar-refractivity contribution is -0.145. The number of hydrogen-bond donors (Lipinski definition) is 21. The molecule has 120 heavy (non-hydrogen) atoms. The van der Waals surface area contributed by atoms with E-state index in [9.17, 15) is 92.3 Å². The number of nitrogens with zero attached hydrogens (tertiary/aromatic N) is 2. The van der Waals surface area contributed by atoms with Gasteiger partial charge in [-0.2, -0.15) is 0 Å². The van der Waals surface area contributed by atoms with Gasteiger partial charge < -0.3 is 122 Å². The number of aromatic amines is 1. The van der Waals surface area contributed by atoms with Gasteiger partial charge in [-0.15, -0.1) is 0 Å². The summed E-state index contributed by atoms with van der Waals surface area (Å²) in [5, 5.41) is 72.1. The first kappa shape index (κ1) is 99.7. The van der Waals surface area contributed by atoms with Gasteiger partial charge in [-0.1, -0.05) is 84.7 Å². The van der Waals surface area contributed by atoms with Crippen LogP contribution in [0.3, 0.4) is 0 Å². The Labute approximate surface area is 698 Å². The maximum absolute atomic E-state index is 15.1. The van der Waals surface area contributed by atoms with Crippen molar-refractivity contribution in [2.45, 2.75) is 262 Å². The van der Waals surface area contributed by atoms with E-state index in [4.69, 9.17) is 22.9 Å². The van der Waals surface area contributed by atoms with Crippen LogP contribution in [0.1, 0.15) is 176 Å². The number of nitrogens with one attached hydrogen (secondary N) is 13. The van der Waals surface area contributed by atoms with Crippen LogP contribution in [0.5, 0.6) is 5.75 Å². The number of phenols is 1. The number of aromatic hydroxyl groups is 1. The summed E-state index contributed by atoms with van der Waals surface area (Å²) in [5.41, 5.74) is 24.8. The van der Waals surface area contributed by atoms with E-state index < -0.39 is 223 Å². The molecule has 2 fully saturated rings. The molecule has 39 heteroatoms. The first-order chi connectivity index (χ1) is 57.0. The van der Waals surface area contributed by atoms with Crippen LogP contribution in [0.4, 0.5) is 0 Å². The zero-order valence-corrected chi connectivity index (χ0v) is 69.9. The third kappa shape index (κ3) is 31.0. The first-order valence-electron chi connectivity index (χ1n) is 41.5. The first-order valence-corrected chi connectivity index (χ1v) is 41.5. The summed E-state index contributed by atoms with van der Waals surface area (Å²) < 4.78 is 0. The highest BCUT2D eigenvalue weighted by Crippen LogP contribution is 2.25. The third-order valence-corrected chi connectivity index (χ3v) is 21.7. The maximum Gasteiger partial charge on any atom is 0.326 e. The van der Waals surface area contributed by atoms with E-state index in [-0.39, 0.29) is 103 Å². The Morgan fingerprint density at radius 2 is 0.933 bits per heavy atom. The number of carbonyl (C=O) groups excluding carboxylic acids is 14. The number of benzene rings is 2. The molecule has 0 radical (unpaired) electrons. The number of rotatable bonds is 52. The van der Waals surface area contributed by atoms with Gasteiger partial charge in [-0.25, -0.2) is 4.79 Å². The minimum Gasteiger partial charge on any atom is -0.508 e. The van der Waals surface area contributed by atoms with Gasteiger partial charge in [0.1, 0.15) is 84.3 Å². The Bertz CT molecular complexity index is 3980. The van der Waals surface area contributed by atoms with Gasteiger partial charge in [-0.3, -0.25) is 71.9 Å². The Morgan fingerprint density at radius 1 is 0.483 bits per heavy atom. The molecule has 2 saturated heterocycles. The average Bonchev–Trinajstić information content (AvgIpc) is 1.56. The summed E-state index contributed by atoms with van der Waals surface area (Å²) in [7, 11) is 0. The van der Waals surface area contributed by atoms with E-state index in [1.807, 2.05) is 18.2 Å². The number of nitrogens with two attached hydrogens (primary N) is 4. The highest BCUT2D eigenvalue weighted by molar-refractivity contribution is 6.01. The number of aliphatic carboxylic acids is 2. The van der Waals surface area contributed by atoms with Crippen LogP contribution < -0.4 is 86.7 Å². The highest BCUT2D eigenvalue weighted by atomic mass is 16.4. The lowest BCUT2D eigenvalue weighted by Gasteiger charge is -2.32. The summed E-state index contributed by atoms with van der Waals surface area (Å²) >= 11 is 0. The Balaban J connectivity index is 1.29. The molecule has 2 aliphatic rings. The van der Waals surface area contributed by atoms with Crippen LogP contribution in [0.15, 0.2) is 54.7 Å². The molecule has 0 saturated carbocycles. The molecular formula is C81H127N19O20. The average molecular weight is 1690 g/mol. The number of aliphatic hydroxyl groups excluding tert-OH is 1. The highest BCUT2D eigenvalue weighted by Gasteiger charge is 2.43. The molecule has 2 aliphatic heterocycles. The van der Waals surface area contributed by atoms with Gasteiger partial charge in [0, 0.05) is 49.5 Å². The summed E-state index contributed by atoms with van der Waals surface area (Å²) in [6.45, 7) is 12.1. The standard InChI is InChI=1S/C81H127N19O20/c1-9-45(5)67(96-63(104)43-88-76(114)66(44(3)4)97-71(109)56(25-15-18-36-84)91-70(108)54(23-13-16-34-82)90-62(103)42-87-75(113)65(85)48(8)101)77(115)94-58(39-49-28-30-51(102)31-29-49)80(118)100-38-20-27-61(100)73(111)92-57(32-33-64(105)106)72(110)98-68(46(6)10-2)78(116)93-55(24-14-17-35-83)69(107)89-47(7)79(117)99-37-19-26-60(99)74(112)95-59(81(119)120)40-50-41-86-53-22-12-11-21-52(50)53/h11-12,21-22,28-31,41,44-48,54-61,65-68,86,101-102H,9-10,13-20,23-27,32-40,42-43,82-85H2,1-8H3,(H,87,113)(H,88,114)(H,89,107)(H,90,103)(H,91,108)(H,92,111)(H,93,116)(H,94,115)(H,95,112)(H,96,104)(H,97,109)(H,98,110)(H,105,106)(H,119,120)/t45-,46-,47-,48+,54-,55-,56-,57-,58-,59-,60-,61-,65-,66-,67-,68-/m0/s1. The number of unbranched alkanes of at least 4 members (excludes halogenated alkanes) is 3. The van der Waals surface area contributed by atoms with E-state index in [1.165, 1.54) is 47.9 Å². The third-order valence-electron chi connectivity index (χ3n) is 21.7. The number of aliphatic hydroxyl groups is 1. The molecule has 3 heterocycles. The number of H-pyrrole nitrogens is 1. The molecule has 39 nitrogen and oxygen atoms in total. The molecular weight excluding hydrogens is 1560 g/mol. The zero-order chi connectivity index (χ0) is 89.0. The predicted molar refractivity (Wildman–Crippen MR) is 441 cm³/mol. The van der Waals surface area contributed by atoms with E-state index in [2.05, 4.69) is 68.8 Å². The second kappa shape index (κ2) is 50.2. The van der Waals surface area contributed by atoms with Crippen molar-refractivity contribution in [3.05, 3.63) is 65.9 Å². The Hall–Kier alpha value is -10.9. The van der Waals surface area contributed by atoms with Gasteiger partial charge in [0.15, 0.2) is 0 Å². The Morgan fingerprint density at radius 3 is 1.44 bits per heavy atom. The number of carbonyl (C=O) groups is 16. The number of fused-ring (bicyclic) bond motifs is 1. The normalized spacial score (nSPS) is 17.4. The molecule has 0 unspecified atom stereocenters. The number of phenolic OH excluding ortho intramolecular Hbond substituents is 1. The zero-order valence-electron chi connectivity index (χ0n) is 69.9. The number of carboxylic acids is 2. The van der Waals surface area contributed by atoms with Crippen LogP contribution in [0, 0.1) is 17.8 Å². The van der Waals surface area contributed by atoms with Crippen molar-refractivity contribution in [3.63, 3.8) is 0 Å². The summed E-state index contributed by atoms with van der Waals surface area (Å²) in [6.07, 6.45) is 2.87. The molecule has 14 amide bonds. The van der Waals surface area contributed by atoms with E-state index in [0.29, 0.717) is 56.1 Å². The second-order valence-corrected chi connectivity index (χ2v) is 31.3. The lowest BCUT2D eigenvalue weighted by Crippen LogP contribution is -2.61. The summed E-state index contributed by atoms with van der Waals surface area (Å²) in [4.78, 5) is 228. The monoisotopic (exact) mass is 1690 g/mol.